The number of benzene rings is 1. The summed E-state index contributed by atoms with van der Waals surface area (Å²) >= 11 is 1.44. The van der Waals surface area contributed by atoms with Crippen molar-refractivity contribution in [3.63, 3.8) is 0 Å². The number of tetrazole rings is 1. The smallest absolute Gasteiger partial charge is 0.238 e. The molecule has 124 valence electrons. The summed E-state index contributed by atoms with van der Waals surface area (Å²) in [6.07, 6.45) is 0. The first kappa shape index (κ1) is 16.2. The van der Waals surface area contributed by atoms with Crippen molar-refractivity contribution in [3.05, 3.63) is 48.0 Å². The minimum atomic E-state index is -0.289. The van der Waals surface area contributed by atoms with Crippen LogP contribution in [0.5, 0.6) is 0 Å². The topological polar surface area (TPSA) is 98.7 Å². The zero-order valence-corrected chi connectivity index (χ0v) is 14.0. The number of hydrogen-bond acceptors (Lipinski definition) is 7. The molecule has 0 bridgehead atoms. The molecule has 1 amide bonds. The second-order valence-corrected chi connectivity index (χ2v) is 6.44. The molecular weight excluding hydrogens is 328 g/mol. The summed E-state index contributed by atoms with van der Waals surface area (Å²) in [5.74, 6) is 2.11. The Morgan fingerprint density at radius 3 is 2.88 bits per heavy atom. The summed E-state index contributed by atoms with van der Waals surface area (Å²) in [6, 6.07) is 11.3. The molecule has 9 heteroatoms. The number of aromatic nitrogens is 5. The number of amides is 1. The van der Waals surface area contributed by atoms with Crippen LogP contribution in [0, 0.1) is 6.92 Å². The van der Waals surface area contributed by atoms with Crippen LogP contribution >= 0.6 is 11.8 Å². The second kappa shape index (κ2) is 7.26. The van der Waals surface area contributed by atoms with Gasteiger partial charge in [-0.15, -0.1) is 16.9 Å². The summed E-state index contributed by atoms with van der Waals surface area (Å²) in [5.41, 5.74) is 0.883. The van der Waals surface area contributed by atoms with Crippen LogP contribution in [0.4, 0.5) is 5.82 Å². The number of aryl methyl sites for hydroxylation is 1. The van der Waals surface area contributed by atoms with Gasteiger partial charge in [-0.3, -0.25) is 4.79 Å². The van der Waals surface area contributed by atoms with E-state index in [0.29, 0.717) is 23.2 Å². The van der Waals surface area contributed by atoms with E-state index in [-0.39, 0.29) is 11.2 Å². The van der Waals surface area contributed by atoms with Gasteiger partial charge in [0.1, 0.15) is 5.76 Å². The molecule has 0 fully saturated rings. The van der Waals surface area contributed by atoms with Crippen LogP contribution in [-0.4, -0.2) is 36.5 Å². The van der Waals surface area contributed by atoms with E-state index in [2.05, 4.69) is 26.0 Å². The number of hydrogen-bond donors (Lipinski definition) is 1. The Kier molecular flexibility index (Phi) is 4.90. The van der Waals surface area contributed by atoms with Crippen molar-refractivity contribution < 1.29 is 9.32 Å². The molecule has 3 aromatic rings. The molecule has 8 nitrogen and oxygen atoms in total. The van der Waals surface area contributed by atoms with Crippen molar-refractivity contribution in [1.82, 2.24) is 25.4 Å². The monoisotopic (exact) mass is 344 g/mol. The molecule has 1 aromatic carbocycles. The van der Waals surface area contributed by atoms with Crippen LogP contribution in [0.15, 0.2) is 40.9 Å². The number of anilines is 1. The van der Waals surface area contributed by atoms with Gasteiger partial charge in [-0.05, 0) is 36.4 Å². The molecule has 0 aliphatic heterocycles. The van der Waals surface area contributed by atoms with Gasteiger partial charge in [0.2, 0.25) is 5.91 Å². The summed E-state index contributed by atoms with van der Waals surface area (Å²) in [5, 5.41) is 17.9. The van der Waals surface area contributed by atoms with E-state index < -0.39 is 0 Å². The van der Waals surface area contributed by atoms with Gasteiger partial charge in [-0.1, -0.05) is 23.4 Å². The standard InChI is InChI=1S/C15H16N6O2S/c1-10-8-13(18-23-10)16-15(22)11(2)24-9-14-17-19-20-21(14)12-6-4-3-5-7-12/h3-8,11H,9H2,1-2H3,(H,16,18,22). The third-order valence-corrected chi connectivity index (χ3v) is 4.38. The van der Waals surface area contributed by atoms with E-state index in [9.17, 15) is 4.79 Å². The van der Waals surface area contributed by atoms with Gasteiger partial charge in [0.25, 0.3) is 0 Å². The molecule has 3 rings (SSSR count). The molecular formula is C15H16N6O2S. The normalized spacial score (nSPS) is 12.1. The Hall–Kier alpha value is -2.68. The number of para-hydroxylation sites is 1. The minimum absolute atomic E-state index is 0.146. The lowest BCUT2D eigenvalue weighted by Gasteiger charge is -2.10. The Bertz CT molecular complexity index is 816. The maximum atomic E-state index is 12.2. The third kappa shape index (κ3) is 3.80. The lowest BCUT2D eigenvalue weighted by molar-refractivity contribution is -0.115. The fourth-order valence-corrected chi connectivity index (χ4v) is 2.78. The maximum Gasteiger partial charge on any atom is 0.238 e. The quantitative estimate of drug-likeness (QED) is 0.732. The molecule has 1 N–H and O–H groups in total. The molecule has 0 saturated carbocycles. The van der Waals surface area contributed by atoms with Crippen molar-refractivity contribution in [3.8, 4) is 5.69 Å². The highest BCUT2D eigenvalue weighted by molar-refractivity contribution is 7.99. The van der Waals surface area contributed by atoms with Crippen molar-refractivity contribution in [2.75, 3.05) is 5.32 Å². The van der Waals surface area contributed by atoms with Gasteiger partial charge in [0.05, 0.1) is 16.7 Å². The van der Waals surface area contributed by atoms with Crippen LogP contribution in [0.2, 0.25) is 0 Å². The van der Waals surface area contributed by atoms with Gasteiger partial charge >= 0.3 is 0 Å². The summed E-state index contributed by atoms with van der Waals surface area (Å²) in [7, 11) is 0. The number of nitrogens with one attached hydrogen (secondary N) is 1. The SMILES string of the molecule is Cc1cc(NC(=O)C(C)SCc2nnnn2-c2ccccc2)no1. The zero-order valence-electron chi connectivity index (χ0n) is 13.2. The van der Waals surface area contributed by atoms with E-state index in [1.165, 1.54) is 11.8 Å². The Labute approximate surface area is 142 Å². The predicted molar refractivity (Wildman–Crippen MR) is 89.8 cm³/mol. The summed E-state index contributed by atoms with van der Waals surface area (Å²) in [6.45, 7) is 3.59. The van der Waals surface area contributed by atoms with E-state index in [0.717, 1.165) is 5.69 Å². The average Bonchev–Trinajstić information content (AvgIpc) is 3.22. The number of carbonyl (C=O) groups excluding carboxylic acids is 1. The molecule has 1 unspecified atom stereocenters. The lowest BCUT2D eigenvalue weighted by atomic mass is 10.3. The van der Waals surface area contributed by atoms with Gasteiger partial charge in [-0.2, -0.15) is 4.68 Å². The first-order chi connectivity index (χ1) is 11.6. The molecule has 0 radical (unpaired) electrons. The highest BCUT2D eigenvalue weighted by Crippen LogP contribution is 2.19. The van der Waals surface area contributed by atoms with Gasteiger partial charge < -0.3 is 9.84 Å². The molecule has 2 heterocycles. The zero-order chi connectivity index (χ0) is 16.9. The lowest BCUT2D eigenvalue weighted by Crippen LogP contribution is -2.23. The Morgan fingerprint density at radius 2 is 2.17 bits per heavy atom. The fraction of sp³-hybridized carbons (Fsp3) is 0.267. The number of carbonyl (C=O) groups is 1. The van der Waals surface area contributed by atoms with Crippen LogP contribution in [0.1, 0.15) is 18.5 Å². The molecule has 0 aliphatic rings. The number of nitrogens with zero attached hydrogens (tertiary/aromatic N) is 5. The molecule has 0 aliphatic carbocycles. The Balaban J connectivity index is 1.60. The number of thioether (sulfide) groups is 1. The molecule has 1 atom stereocenters. The van der Waals surface area contributed by atoms with E-state index in [1.54, 1.807) is 17.7 Å². The fourth-order valence-electron chi connectivity index (χ4n) is 1.99. The van der Waals surface area contributed by atoms with Gasteiger partial charge in [-0.25, -0.2) is 0 Å². The van der Waals surface area contributed by atoms with E-state index >= 15 is 0 Å². The van der Waals surface area contributed by atoms with Crippen molar-refractivity contribution in [2.45, 2.75) is 24.9 Å². The molecule has 24 heavy (non-hydrogen) atoms. The Morgan fingerprint density at radius 1 is 1.38 bits per heavy atom. The summed E-state index contributed by atoms with van der Waals surface area (Å²) < 4.78 is 6.59. The highest BCUT2D eigenvalue weighted by atomic mass is 32.2. The van der Waals surface area contributed by atoms with Crippen LogP contribution in [0.25, 0.3) is 5.69 Å². The number of rotatable bonds is 6. The highest BCUT2D eigenvalue weighted by Gasteiger charge is 2.17. The first-order valence-corrected chi connectivity index (χ1v) is 8.37. The van der Waals surface area contributed by atoms with Crippen molar-refractivity contribution in [1.29, 1.82) is 0 Å². The molecule has 0 saturated heterocycles. The second-order valence-electron chi connectivity index (χ2n) is 5.11. The maximum absolute atomic E-state index is 12.2. The van der Waals surface area contributed by atoms with E-state index in [4.69, 9.17) is 4.52 Å². The average molecular weight is 344 g/mol. The minimum Gasteiger partial charge on any atom is -0.360 e. The summed E-state index contributed by atoms with van der Waals surface area (Å²) in [4.78, 5) is 12.2. The predicted octanol–water partition coefficient (Wildman–Crippen LogP) is 2.22. The first-order valence-electron chi connectivity index (χ1n) is 7.32. The van der Waals surface area contributed by atoms with Crippen molar-refractivity contribution >= 4 is 23.5 Å². The largest absolute Gasteiger partial charge is 0.360 e. The molecule has 0 spiro atoms. The van der Waals surface area contributed by atoms with Crippen LogP contribution in [0.3, 0.4) is 0 Å². The van der Waals surface area contributed by atoms with Crippen LogP contribution < -0.4 is 5.32 Å². The van der Waals surface area contributed by atoms with Crippen molar-refractivity contribution in [2.24, 2.45) is 0 Å². The van der Waals surface area contributed by atoms with E-state index in [1.807, 2.05) is 37.3 Å². The van der Waals surface area contributed by atoms with Gasteiger partial charge in [0, 0.05) is 6.07 Å². The van der Waals surface area contributed by atoms with Gasteiger partial charge in [0.15, 0.2) is 11.6 Å². The third-order valence-electron chi connectivity index (χ3n) is 3.25. The molecule has 2 aromatic heterocycles. The van der Waals surface area contributed by atoms with Crippen LogP contribution in [-0.2, 0) is 10.5 Å².